The van der Waals surface area contributed by atoms with Crippen LogP contribution in [0.25, 0.3) is 0 Å². The maximum absolute atomic E-state index is 12.2. The van der Waals surface area contributed by atoms with E-state index in [1.807, 2.05) is 6.07 Å². The van der Waals surface area contributed by atoms with E-state index < -0.39 is 11.8 Å². The van der Waals surface area contributed by atoms with Gasteiger partial charge < -0.3 is 19.7 Å². The Balaban J connectivity index is 1.70. The average Bonchev–Trinajstić information content (AvgIpc) is 2.61. The zero-order chi connectivity index (χ0) is 16.2. The highest BCUT2D eigenvalue weighted by molar-refractivity contribution is 6.44. The molecule has 0 aliphatic carbocycles. The Morgan fingerprint density at radius 3 is 2.43 bits per heavy atom. The lowest BCUT2D eigenvalue weighted by Gasteiger charge is -2.19. The van der Waals surface area contributed by atoms with Crippen LogP contribution in [0, 0.1) is 0 Å². The summed E-state index contributed by atoms with van der Waals surface area (Å²) in [6, 6.07) is 14.0. The molecule has 0 aromatic heterocycles. The van der Waals surface area contributed by atoms with Gasteiger partial charge in [0.25, 0.3) is 0 Å². The average molecular weight is 312 g/mol. The van der Waals surface area contributed by atoms with Crippen molar-refractivity contribution in [3.63, 3.8) is 0 Å². The van der Waals surface area contributed by atoms with Crippen LogP contribution in [0.4, 0.5) is 11.4 Å². The highest BCUT2D eigenvalue weighted by atomic mass is 16.6. The molecule has 0 spiro atoms. The van der Waals surface area contributed by atoms with Gasteiger partial charge in [-0.05, 0) is 24.3 Å². The summed E-state index contributed by atoms with van der Waals surface area (Å²) in [5.41, 5.74) is 1.13. The van der Waals surface area contributed by atoms with Crippen LogP contribution in [-0.4, -0.2) is 32.1 Å². The van der Waals surface area contributed by atoms with Gasteiger partial charge in [-0.25, -0.2) is 0 Å². The second-order valence-electron chi connectivity index (χ2n) is 5.01. The molecule has 1 N–H and O–H groups in total. The van der Waals surface area contributed by atoms with Gasteiger partial charge >= 0.3 is 11.8 Å². The number of nitrogens with one attached hydrogen (secondary N) is 1. The number of hydrogen-bond donors (Lipinski definition) is 1. The highest BCUT2D eigenvalue weighted by Gasteiger charge is 2.21. The Labute approximate surface area is 133 Å². The molecule has 2 amide bonds. The SMILES string of the molecule is CN(C(=O)C(=O)Nc1ccc2c(c1)OCCO2)c1ccccc1. The van der Waals surface area contributed by atoms with Crippen molar-refractivity contribution in [2.45, 2.75) is 0 Å². The Morgan fingerprint density at radius 2 is 1.70 bits per heavy atom. The van der Waals surface area contributed by atoms with Crippen molar-refractivity contribution in [1.29, 1.82) is 0 Å². The summed E-state index contributed by atoms with van der Waals surface area (Å²) >= 11 is 0. The van der Waals surface area contributed by atoms with Crippen molar-refractivity contribution in [2.24, 2.45) is 0 Å². The van der Waals surface area contributed by atoms with Crippen molar-refractivity contribution in [3.8, 4) is 11.5 Å². The summed E-state index contributed by atoms with van der Waals surface area (Å²) in [5, 5.41) is 2.58. The highest BCUT2D eigenvalue weighted by Crippen LogP contribution is 2.32. The summed E-state index contributed by atoms with van der Waals surface area (Å²) in [4.78, 5) is 25.6. The third kappa shape index (κ3) is 3.26. The van der Waals surface area contributed by atoms with Crippen molar-refractivity contribution in [2.75, 3.05) is 30.5 Å². The number of hydrogen-bond acceptors (Lipinski definition) is 4. The summed E-state index contributed by atoms with van der Waals surface area (Å²) in [6.45, 7) is 0.957. The number of fused-ring (bicyclic) bond motifs is 1. The van der Waals surface area contributed by atoms with Gasteiger partial charge in [-0.15, -0.1) is 0 Å². The van der Waals surface area contributed by atoms with Crippen molar-refractivity contribution in [3.05, 3.63) is 48.5 Å². The number of benzene rings is 2. The third-order valence-electron chi connectivity index (χ3n) is 3.44. The smallest absolute Gasteiger partial charge is 0.316 e. The monoisotopic (exact) mass is 312 g/mol. The third-order valence-corrected chi connectivity index (χ3v) is 3.44. The normalized spacial score (nSPS) is 12.4. The minimum Gasteiger partial charge on any atom is -0.486 e. The Morgan fingerprint density at radius 1 is 1.00 bits per heavy atom. The zero-order valence-corrected chi connectivity index (χ0v) is 12.6. The first-order valence-electron chi connectivity index (χ1n) is 7.19. The number of ether oxygens (including phenoxy) is 2. The lowest BCUT2D eigenvalue weighted by molar-refractivity contribution is -0.134. The van der Waals surface area contributed by atoms with Gasteiger partial charge in [-0.1, -0.05) is 18.2 Å². The number of para-hydroxylation sites is 1. The largest absolute Gasteiger partial charge is 0.486 e. The van der Waals surface area contributed by atoms with Gasteiger partial charge in [-0.3, -0.25) is 9.59 Å². The molecular formula is C17H16N2O4. The Kier molecular flexibility index (Phi) is 4.14. The number of rotatable bonds is 2. The molecular weight excluding hydrogens is 296 g/mol. The molecule has 0 radical (unpaired) electrons. The molecule has 0 saturated carbocycles. The lowest BCUT2D eigenvalue weighted by Crippen LogP contribution is -2.37. The molecule has 6 heteroatoms. The molecule has 1 heterocycles. The van der Waals surface area contributed by atoms with E-state index in [1.165, 1.54) is 4.90 Å². The molecule has 6 nitrogen and oxygen atoms in total. The van der Waals surface area contributed by atoms with Gasteiger partial charge in [0.1, 0.15) is 13.2 Å². The van der Waals surface area contributed by atoms with Crippen LogP contribution in [0.5, 0.6) is 11.5 Å². The second kappa shape index (κ2) is 6.39. The molecule has 2 aromatic rings. The van der Waals surface area contributed by atoms with E-state index in [-0.39, 0.29) is 0 Å². The van der Waals surface area contributed by atoms with Crippen molar-refractivity contribution < 1.29 is 19.1 Å². The van der Waals surface area contributed by atoms with Crippen LogP contribution < -0.4 is 19.7 Å². The molecule has 1 aliphatic heterocycles. The number of nitrogens with zero attached hydrogens (tertiary/aromatic N) is 1. The van der Waals surface area contributed by atoms with E-state index in [9.17, 15) is 9.59 Å². The van der Waals surface area contributed by atoms with Gasteiger partial charge in [0.05, 0.1) is 0 Å². The summed E-state index contributed by atoms with van der Waals surface area (Å²) < 4.78 is 10.9. The number of likely N-dealkylation sites (N-methyl/N-ethyl adjacent to an activating group) is 1. The van der Waals surface area contributed by atoms with E-state index in [0.717, 1.165) is 0 Å². The van der Waals surface area contributed by atoms with Gasteiger partial charge in [0, 0.05) is 24.5 Å². The molecule has 118 valence electrons. The topological polar surface area (TPSA) is 67.9 Å². The first kappa shape index (κ1) is 14.9. The van der Waals surface area contributed by atoms with E-state index in [1.54, 1.807) is 49.5 Å². The van der Waals surface area contributed by atoms with Crippen molar-refractivity contribution in [1.82, 2.24) is 0 Å². The van der Waals surface area contributed by atoms with Crippen LogP contribution in [-0.2, 0) is 9.59 Å². The van der Waals surface area contributed by atoms with Crippen LogP contribution in [0.2, 0.25) is 0 Å². The minimum atomic E-state index is -0.715. The molecule has 0 atom stereocenters. The van der Waals surface area contributed by atoms with E-state index in [0.29, 0.717) is 36.1 Å². The fourth-order valence-corrected chi connectivity index (χ4v) is 2.23. The minimum absolute atomic E-state index is 0.458. The molecule has 1 aliphatic rings. The maximum atomic E-state index is 12.2. The maximum Gasteiger partial charge on any atom is 0.316 e. The first-order chi connectivity index (χ1) is 11.1. The van der Waals surface area contributed by atoms with Crippen molar-refractivity contribution >= 4 is 23.2 Å². The zero-order valence-electron chi connectivity index (χ0n) is 12.6. The fraction of sp³-hybridized carbons (Fsp3) is 0.176. The standard InChI is InChI=1S/C17H16N2O4/c1-19(13-5-3-2-4-6-13)17(21)16(20)18-12-7-8-14-15(11-12)23-10-9-22-14/h2-8,11H,9-10H2,1H3,(H,18,20). The Bertz CT molecular complexity index is 731. The predicted molar refractivity (Wildman–Crippen MR) is 85.9 cm³/mol. The number of anilines is 2. The molecule has 0 unspecified atom stereocenters. The van der Waals surface area contributed by atoms with Gasteiger partial charge in [-0.2, -0.15) is 0 Å². The Hall–Kier alpha value is -3.02. The lowest BCUT2D eigenvalue weighted by atomic mass is 10.2. The quantitative estimate of drug-likeness (QED) is 0.862. The summed E-state index contributed by atoms with van der Waals surface area (Å²) in [5.74, 6) is -0.181. The number of amides is 2. The number of carbonyl (C=O) groups excluding carboxylic acids is 2. The number of carbonyl (C=O) groups is 2. The molecule has 23 heavy (non-hydrogen) atoms. The van der Waals surface area contributed by atoms with Crippen LogP contribution in [0.1, 0.15) is 0 Å². The molecule has 0 fully saturated rings. The fourth-order valence-electron chi connectivity index (χ4n) is 2.23. The first-order valence-corrected chi connectivity index (χ1v) is 7.19. The second-order valence-corrected chi connectivity index (χ2v) is 5.01. The van der Waals surface area contributed by atoms with Crippen LogP contribution >= 0.6 is 0 Å². The van der Waals surface area contributed by atoms with Crippen LogP contribution in [0.15, 0.2) is 48.5 Å². The molecule has 3 rings (SSSR count). The van der Waals surface area contributed by atoms with E-state index >= 15 is 0 Å². The van der Waals surface area contributed by atoms with Crippen LogP contribution in [0.3, 0.4) is 0 Å². The molecule has 0 saturated heterocycles. The predicted octanol–water partition coefficient (Wildman–Crippen LogP) is 2.06. The summed E-state index contributed by atoms with van der Waals surface area (Å²) in [6.07, 6.45) is 0. The summed E-state index contributed by atoms with van der Waals surface area (Å²) in [7, 11) is 1.56. The molecule has 2 aromatic carbocycles. The van der Waals surface area contributed by atoms with E-state index in [4.69, 9.17) is 9.47 Å². The van der Waals surface area contributed by atoms with Gasteiger partial charge in [0.15, 0.2) is 11.5 Å². The van der Waals surface area contributed by atoms with E-state index in [2.05, 4.69) is 5.32 Å². The van der Waals surface area contributed by atoms with Gasteiger partial charge in [0.2, 0.25) is 0 Å². The molecule has 0 bridgehead atoms.